The fraction of sp³-hybridized carbons (Fsp3) is 0.462. The summed E-state index contributed by atoms with van der Waals surface area (Å²) in [4.78, 5) is 11.0. The van der Waals surface area contributed by atoms with E-state index in [1.54, 1.807) is 5.32 Å². The van der Waals surface area contributed by atoms with Gasteiger partial charge in [0.2, 0.25) is 10.0 Å². The van der Waals surface area contributed by atoms with E-state index in [1.165, 1.54) is 12.1 Å². The van der Waals surface area contributed by atoms with Crippen LogP contribution in [0.4, 0.5) is 22.4 Å². The molecule has 0 bridgehead atoms. The molecule has 11 heteroatoms. The van der Waals surface area contributed by atoms with Crippen LogP contribution in [0.25, 0.3) is 0 Å². The van der Waals surface area contributed by atoms with E-state index in [0.29, 0.717) is 6.42 Å². The molecular weight excluding hydrogens is 354 g/mol. The molecule has 1 aromatic carbocycles. The van der Waals surface area contributed by atoms with Gasteiger partial charge in [-0.3, -0.25) is 0 Å². The Balaban J connectivity index is 2.10. The molecule has 1 atom stereocenters. The van der Waals surface area contributed by atoms with Gasteiger partial charge in [0, 0.05) is 6.54 Å². The SMILES string of the molecule is O=C(NCC(F)(F)F)N[C@@H]1CCCN1S(=O)(=O)c1ccccc1F. The van der Waals surface area contributed by atoms with Crippen molar-refractivity contribution in [1.29, 1.82) is 0 Å². The number of benzene rings is 1. The van der Waals surface area contributed by atoms with E-state index in [9.17, 15) is 30.8 Å². The van der Waals surface area contributed by atoms with Crippen LogP contribution in [0.5, 0.6) is 0 Å². The number of hydrogen-bond donors (Lipinski definition) is 2. The fourth-order valence-electron chi connectivity index (χ4n) is 2.34. The summed E-state index contributed by atoms with van der Waals surface area (Å²) in [6, 6.07) is 3.61. The molecule has 1 aromatic rings. The van der Waals surface area contributed by atoms with E-state index in [-0.39, 0.29) is 13.0 Å². The summed E-state index contributed by atoms with van der Waals surface area (Å²) in [5, 5.41) is 3.77. The highest BCUT2D eigenvalue weighted by molar-refractivity contribution is 7.89. The number of nitrogens with one attached hydrogen (secondary N) is 2. The van der Waals surface area contributed by atoms with Gasteiger partial charge in [-0.15, -0.1) is 0 Å². The quantitative estimate of drug-likeness (QED) is 0.795. The van der Waals surface area contributed by atoms with Crippen molar-refractivity contribution in [3.8, 4) is 0 Å². The molecule has 0 spiro atoms. The highest BCUT2D eigenvalue weighted by Crippen LogP contribution is 2.26. The van der Waals surface area contributed by atoms with Gasteiger partial charge < -0.3 is 10.6 Å². The molecular formula is C13H15F4N3O3S. The molecule has 134 valence electrons. The predicted octanol–water partition coefficient (Wildman–Crippen LogP) is 1.80. The molecule has 0 saturated carbocycles. The van der Waals surface area contributed by atoms with Crippen LogP contribution in [0.2, 0.25) is 0 Å². The lowest BCUT2D eigenvalue weighted by molar-refractivity contribution is -0.122. The lowest BCUT2D eigenvalue weighted by Gasteiger charge is -2.25. The summed E-state index contributed by atoms with van der Waals surface area (Å²) in [5.41, 5.74) is 0. The summed E-state index contributed by atoms with van der Waals surface area (Å²) in [7, 11) is -4.21. The maximum absolute atomic E-state index is 13.7. The molecule has 0 unspecified atom stereocenters. The number of halogens is 4. The molecule has 1 heterocycles. The summed E-state index contributed by atoms with van der Waals surface area (Å²) in [5.74, 6) is -0.940. The topological polar surface area (TPSA) is 78.5 Å². The first kappa shape index (κ1) is 18.5. The van der Waals surface area contributed by atoms with Crippen molar-refractivity contribution >= 4 is 16.1 Å². The second-order valence-corrected chi connectivity index (χ2v) is 7.01. The van der Waals surface area contributed by atoms with Gasteiger partial charge in [0.1, 0.15) is 17.3 Å². The van der Waals surface area contributed by atoms with E-state index in [0.717, 1.165) is 16.4 Å². The third-order valence-corrected chi connectivity index (χ3v) is 5.32. The molecule has 0 aromatic heterocycles. The van der Waals surface area contributed by atoms with Crippen molar-refractivity contribution in [2.75, 3.05) is 13.1 Å². The first-order valence-electron chi connectivity index (χ1n) is 6.99. The summed E-state index contributed by atoms with van der Waals surface area (Å²) >= 11 is 0. The van der Waals surface area contributed by atoms with Gasteiger partial charge in [0.15, 0.2) is 0 Å². The Bertz CT molecular complexity index is 709. The number of sulfonamides is 1. The molecule has 0 aliphatic carbocycles. The highest BCUT2D eigenvalue weighted by Gasteiger charge is 2.38. The minimum Gasteiger partial charge on any atom is -0.329 e. The Morgan fingerprint density at radius 1 is 1.29 bits per heavy atom. The van der Waals surface area contributed by atoms with E-state index in [2.05, 4.69) is 5.32 Å². The lowest BCUT2D eigenvalue weighted by atomic mass is 10.3. The van der Waals surface area contributed by atoms with Gasteiger partial charge >= 0.3 is 12.2 Å². The van der Waals surface area contributed by atoms with Gasteiger partial charge in [-0.1, -0.05) is 12.1 Å². The molecule has 0 radical (unpaired) electrons. The number of hydrogen-bond acceptors (Lipinski definition) is 3. The number of urea groups is 1. The van der Waals surface area contributed by atoms with E-state index >= 15 is 0 Å². The molecule has 1 saturated heterocycles. The number of alkyl halides is 3. The molecule has 2 rings (SSSR count). The number of carbonyl (C=O) groups is 1. The normalized spacial score (nSPS) is 19.2. The molecule has 2 N–H and O–H groups in total. The van der Waals surface area contributed by atoms with Crippen LogP contribution >= 0.6 is 0 Å². The summed E-state index contributed by atoms with van der Waals surface area (Å²) in [6.45, 7) is -1.51. The smallest absolute Gasteiger partial charge is 0.329 e. The average molecular weight is 369 g/mol. The Hall–Kier alpha value is -1.88. The number of amides is 2. The molecule has 1 fully saturated rings. The van der Waals surface area contributed by atoms with Crippen LogP contribution in [-0.4, -0.2) is 44.2 Å². The minimum absolute atomic E-state index is 0.0287. The Morgan fingerprint density at radius 3 is 2.58 bits per heavy atom. The largest absolute Gasteiger partial charge is 0.405 e. The Labute approximate surface area is 135 Å². The first-order valence-corrected chi connectivity index (χ1v) is 8.43. The standard InChI is InChI=1S/C13H15F4N3O3S/c14-9-4-1-2-5-10(9)24(22,23)20-7-3-6-11(20)19-12(21)18-8-13(15,16)17/h1-2,4-5,11H,3,6-8H2,(H2,18,19,21)/t11-/m0/s1. The van der Waals surface area contributed by atoms with Crippen molar-refractivity contribution in [3.05, 3.63) is 30.1 Å². The molecule has 6 nitrogen and oxygen atoms in total. The van der Waals surface area contributed by atoms with Crippen LogP contribution < -0.4 is 10.6 Å². The van der Waals surface area contributed by atoms with Crippen LogP contribution in [0, 0.1) is 5.82 Å². The van der Waals surface area contributed by atoms with Gasteiger partial charge in [-0.25, -0.2) is 17.6 Å². The number of carbonyl (C=O) groups excluding carboxylic acids is 1. The number of nitrogens with zero attached hydrogens (tertiary/aromatic N) is 1. The first-order chi connectivity index (χ1) is 11.1. The van der Waals surface area contributed by atoms with Crippen LogP contribution in [0.1, 0.15) is 12.8 Å². The van der Waals surface area contributed by atoms with Crippen LogP contribution in [-0.2, 0) is 10.0 Å². The predicted molar refractivity (Wildman–Crippen MR) is 75.9 cm³/mol. The molecule has 24 heavy (non-hydrogen) atoms. The third kappa shape index (κ3) is 4.35. The van der Waals surface area contributed by atoms with E-state index in [4.69, 9.17) is 0 Å². The summed E-state index contributed by atoms with van der Waals surface area (Å²) < 4.78 is 75.8. The number of rotatable bonds is 4. The minimum atomic E-state index is -4.58. The van der Waals surface area contributed by atoms with Gasteiger partial charge in [-0.2, -0.15) is 17.5 Å². The van der Waals surface area contributed by atoms with Gasteiger partial charge in [0.25, 0.3) is 0 Å². The molecule has 1 aliphatic heterocycles. The average Bonchev–Trinajstić information content (AvgIpc) is 2.93. The van der Waals surface area contributed by atoms with Crippen molar-refractivity contribution in [2.45, 2.75) is 30.1 Å². The third-order valence-electron chi connectivity index (χ3n) is 3.37. The maximum Gasteiger partial charge on any atom is 0.405 e. The van der Waals surface area contributed by atoms with E-state index < -0.39 is 45.7 Å². The fourth-order valence-corrected chi connectivity index (χ4v) is 4.02. The van der Waals surface area contributed by atoms with Crippen LogP contribution in [0.15, 0.2) is 29.2 Å². The van der Waals surface area contributed by atoms with Crippen molar-refractivity contribution in [1.82, 2.24) is 14.9 Å². The monoisotopic (exact) mass is 369 g/mol. The zero-order chi connectivity index (χ0) is 18.0. The highest BCUT2D eigenvalue weighted by atomic mass is 32.2. The summed E-state index contributed by atoms with van der Waals surface area (Å²) in [6.07, 6.45) is -5.01. The second-order valence-electron chi connectivity index (χ2n) is 5.15. The molecule has 2 amide bonds. The zero-order valence-electron chi connectivity index (χ0n) is 12.3. The van der Waals surface area contributed by atoms with E-state index in [1.807, 2.05) is 0 Å². The van der Waals surface area contributed by atoms with Gasteiger partial charge in [-0.05, 0) is 25.0 Å². The van der Waals surface area contributed by atoms with Crippen molar-refractivity contribution < 1.29 is 30.8 Å². The zero-order valence-corrected chi connectivity index (χ0v) is 13.1. The van der Waals surface area contributed by atoms with Crippen LogP contribution in [0.3, 0.4) is 0 Å². The lowest BCUT2D eigenvalue weighted by Crippen LogP contribution is -2.51. The van der Waals surface area contributed by atoms with Crippen molar-refractivity contribution in [3.63, 3.8) is 0 Å². The molecule has 1 aliphatic rings. The van der Waals surface area contributed by atoms with Gasteiger partial charge in [0.05, 0.1) is 6.17 Å². The second kappa shape index (κ2) is 6.93. The van der Waals surface area contributed by atoms with Crippen molar-refractivity contribution in [2.24, 2.45) is 0 Å². The maximum atomic E-state index is 13.7. The Kier molecular flexibility index (Phi) is 5.33. The Morgan fingerprint density at radius 2 is 1.96 bits per heavy atom.